The second-order valence-electron chi connectivity index (χ2n) is 3.92. The van der Waals surface area contributed by atoms with Crippen molar-refractivity contribution in [3.8, 4) is 5.75 Å². The minimum atomic E-state index is 0.552. The monoisotopic (exact) mass is 206 g/mol. The predicted octanol–water partition coefficient (Wildman–Crippen LogP) is 2.70. The van der Waals surface area contributed by atoms with Crippen molar-refractivity contribution in [2.75, 3.05) is 24.3 Å². The van der Waals surface area contributed by atoms with Crippen LogP contribution in [0.25, 0.3) is 0 Å². The Morgan fingerprint density at radius 3 is 3.00 bits per heavy atom. The van der Waals surface area contributed by atoms with Crippen LogP contribution in [0, 0.1) is 0 Å². The number of benzene rings is 1. The van der Waals surface area contributed by atoms with Crippen LogP contribution in [-0.2, 0) is 0 Å². The third-order valence-electron chi connectivity index (χ3n) is 2.76. The summed E-state index contributed by atoms with van der Waals surface area (Å²) < 4.78 is 5.19. The molecule has 82 valence electrons. The first-order chi connectivity index (χ1) is 7.33. The van der Waals surface area contributed by atoms with Crippen molar-refractivity contribution in [3.63, 3.8) is 0 Å². The third-order valence-corrected chi connectivity index (χ3v) is 2.76. The van der Waals surface area contributed by atoms with E-state index in [1.54, 1.807) is 7.11 Å². The third kappa shape index (κ3) is 2.17. The van der Waals surface area contributed by atoms with Gasteiger partial charge in [0.05, 0.1) is 18.5 Å². The van der Waals surface area contributed by atoms with E-state index in [4.69, 9.17) is 4.74 Å². The van der Waals surface area contributed by atoms with Gasteiger partial charge in [-0.2, -0.15) is 0 Å². The summed E-state index contributed by atoms with van der Waals surface area (Å²) in [5.41, 5.74) is 2.32. The summed E-state index contributed by atoms with van der Waals surface area (Å²) in [6.45, 7) is 3.21. The molecular weight excluding hydrogens is 188 g/mol. The lowest BCUT2D eigenvalue weighted by Crippen LogP contribution is -2.32. The van der Waals surface area contributed by atoms with Gasteiger partial charge in [0.1, 0.15) is 5.75 Å². The molecular formula is C12H18N2O. The highest BCUT2D eigenvalue weighted by Gasteiger charge is 2.16. The first-order valence-electron chi connectivity index (χ1n) is 5.52. The van der Waals surface area contributed by atoms with Crippen molar-refractivity contribution in [1.29, 1.82) is 0 Å². The van der Waals surface area contributed by atoms with Crippen molar-refractivity contribution < 1.29 is 4.74 Å². The Labute approximate surface area is 90.8 Å². The van der Waals surface area contributed by atoms with Crippen molar-refractivity contribution in [3.05, 3.63) is 18.2 Å². The number of hydrogen-bond donors (Lipinski definition) is 2. The Hall–Kier alpha value is -1.38. The highest BCUT2D eigenvalue weighted by Crippen LogP contribution is 2.30. The molecule has 0 bridgehead atoms. The van der Waals surface area contributed by atoms with Gasteiger partial charge >= 0.3 is 0 Å². The fourth-order valence-electron chi connectivity index (χ4n) is 1.95. The van der Waals surface area contributed by atoms with E-state index in [-0.39, 0.29) is 0 Å². The summed E-state index contributed by atoms with van der Waals surface area (Å²) in [4.78, 5) is 0. The van der Waals surface area contributed by atoms with E-state index < -0.39 is 0 Å². The summed E-state index contributed by atoms with van der Waals surface area (Å²) in [6, 6.07) is 6.64. The second-order valence-corrected chi connectivity index (χ2v) is 3.92. The number of fused-ring (bicyclic) bond motifs is 1. The van der Waals surface area contributed by atoms with Crippen molar-refractivity contribution in [1.82, 2.24) is 0 Å². The lowest BCUT2D eigenvalue weighted by Gasteiger charge is -2.28. The van der Waals surface area contributed by atoms with Gasteiger partial charge in [-0.3, -0.25) is 0 Å². The summed E-state index contributed by atoms with van der Waals surface area (Å²) in [5, 5.41) is 6.96. The van der Waals surface area contributed by atoms with Gasteiger partial charge in [-0.15, -0.1) is 0 Å². The summed E-state index contributed by atoms with van der Waals surface area (Å²) in [5.74, 6) is 0.900. The summed E-state index contributed by atoms with van der Waals surface area (Å²) in [6.07, 6.45) is 2.42. The zero-order chi connectivity index (χ0) is 10.7. The number of hydrogen-bond acceptors (Lipinski definition) is 3. The van der Waals surface area contributed by atoms with Crippen LogP contribution in [-0.4, -0.2) is 19.7 Å². The number of rotatable bonds is 3. The predicted molar refractivity (Wildman–Crippen MR) is 63.8 cm³/mol. The highest BCUT2D eigenvalue weighted by molar-refractivity contribution is 5.73. The van der Waals surface area contributed by atoms with Crippen molar-refractivity contribution in [2.24, 2.45) is 0 Å². The minimum absolute atomic E-state index is 0.552. The molecule has 0 radical (unpaired) electrons. The average molecular weight is 206 g/mol. The van der Waals surface area contributed by atoms with E-state index in [1.165, 1.54) is 18.5 Å². The zero-order valence-corrected chi connectivity index (χ0v) is 9.34. The molecule has 2 rings (SSSR count). The number of anilines is 2. The minimum Gasteiger partial charge on any atom is -0.497 e. The Balaban J connectivity index is 2.13. The van der Waals surface area contributed by atoms with E-state index in [1.807, 2.05) is 12.1 Å². The van der Waals surface area contributed by atoms with Gasteiger partial charge in [-0.05, 0) is 18.6 Å². The van der Waals surface area contributed by atoms with Crippen LogP contribution in [0.3, 0.4) is 0 Å². The molecule has 3 heteroatoms. The van der Waals surface area contributed by atoms with Crippen LogP contribution in [0.5, 0.6) is 5.75 Å². The van der Waals surface area contributed by atoms with Gasteiger partial charge in [0, 0.05) is 18.7 Å². The maximum atomic E-state index is 5.19. The first kappa shape index (κ1) is 10.1. The molecule has 1 aromatic carbocycles. The molecule has 1 heterocycles. The highest BCUT2D eigenvalue weighted by atomic mass is 16.5. The van der Waals surface area contributed by atoms with Gasteiger partial charge in [0.2, 0.25) is 0 Å². The molecule has 1 aromatic rings. The maximum Gasteiger partial charge on any atom is 0.121 e. The fraction of sp³-hybridized carbons (Fsp3) is 0.500. The van der Waals surface area contributed by atoms with E-state index in [9.17, 15) is 0 Å². The molecule has 1 aliphatic rings. The lowest BCUT2D eigenvalue weighted by molar-refractivity contribution is 0.415. The first-order valence-corrected chi connectivity index (χ1v) is 5.52. The average Bonchev–Trinajstić information content (AvgIpc) is 2.29. The topological polar surface area (TPSA) is 33.3 Å². The number of nitrogens with one attached hydrogen (secondary N) is 2. The smallest absolute Gasteiger partial charge is 0.121 e. The van der Waals surface area contributed by atoms with Gasteiger partial charge in [-0.1, -0.05) is 13.3 Å². The molecule has 1 aliphatic heterocycles. The Morgan fingerprint density at radius 2 is 2.27 bits per heavy atom. The Kier molecular flexibility index (Phi) is 2.99. The van der Waals surface area contributed by atoms with E-state index in [2.05, 4.69) is 23.6 Å². The summed E-state index contributed by atoms with van der Waals surface area (Å²) in [7, 11) is 1.69. The molecule has 1 atom stereocenters. The summed E-state index contributed by atoms with van der Waals surface area (Å²) >= 11 is 0. The zero-order valence-electron chi connectivity index (χ0n) is 9.34. The molecule has 0 amide bonds. The molecule has 0 aliphatic carbocycles. The fourth-order valence-corrected chi connectivity index (χ4v) is 1.95. The maximum absolute atomic E-state index is 5.19. The molecule has 2 N–H and O–H groups in total. The van der Waals surface area contributed by atoms with Gasteiger partial charge in [0.15, 0.2) is 0 Å². The van der Waals surface area contributed by atoms with Gasteiger partial charge in [0.25, 0.3) is 0 Å². The molecule has 0 spiro atoms. The molecule has 0 saturated carbocycles. The van der Waals surface area contributed by atoms with Crippen LogP contribution < -0.4 is 15.4 Å². The van der Waals surface area contributed by atoms with Crippen LogP contribution in [0.2, 0.25) is 0 Å². The van der Waals surface area contributed by atoms with Crippen molar-refractivity contribution in [2.45, 2.75) is 25.8 Å². The van der Waals surface area contributed by atoms with Crippen LogP contribution in [0.15, 0.2) is 18.2 Å². The second kappa shape index (κ2) is 4.43. The normalized spacial score (nSPS) is 18.7. The van der Waals surface area contributed by atoms with Crippen LogP contribution in [0.4, 0.5) is 11.4 Å². The van der Waals surface area contributed by atoms with Crippen LogP contribution in [0.1, 0.15) is 19.8 Å². The largest absolute Gasteiger partial charge is 0.497 e. The van der Waals surface area contributed by atoms with Gasteiger partial charge in [-0.25, -0.2) is 0 Å². The Morgan fingerprint density at radius 1 is 1.40 bits per heavy atom. The molecule has 0 saturated heterocycles. The number of methoxy groups -OCH3 is 1. The molecule has 1 unspecified atom stereocenters. The van der Waals surface area contributed by atoms with Gasteiger partial charge < -0.3 is 15.4 Å². The number of ether oxygens (including phenoxy) is 1. The molecule has 0 fully saturated rings. The quantitative estimate of drug-likeness (QED) is 0.797. The van der Waals surface area contributed by atoms with E-state index in [0.29, 0.717) is 6.04 Å². The molecule has 3 nitrogen and oxygen atoms in total. The van der Waals surface area contributed by atoms with Crippen molar-refractivity contribution >= 4 is 11.4 Å². The van der Waals surface area contributed by atoms with E-state index >= 15 is 0 Å². The Bertz CT molecular complexity index is 338. The SMILES string of the molecule is CCCC1CNc2cc(OC)ccc2N1. The van der Waals surface area contributed by atoms with Crippen LogP contribution >= 0.6 is 0 Å². The standard InChI is InChI=1S/C12H18N2O/c1-3-4-9-8-13-12-7-10(15-2)5-6-11(12)14-9/h5-7,9,13-14H,3-4,8H2,1-2H3. The van der Waals surface area contributed by atoms with E-state index in [0.717, 1.165) is 18.0 Å². The lowest BCUT2D eigenvalue weighted by atomic mass is 10.1. The molecule has 0 aromatic heterocycles. The molecule has 15 heavy (non-hydrogen) atoms.